The average Bonchev–Trinajstić information content (AvgIpc) is 2.96. The minimum absolute atomic E-state index is 0.161. The second kappa shape index (κ2) is 7.54. The van der Waals surface area contributed by atoms with Crippen molar-refractivity contribution in [1.29, 1.82) is 0 Å². The van der Waals surface area contributed by atoms with Crippen molar-refractivity contribution >= 4 is 23.9 Å². The molecule has 2 aliphatic rings. The molecule has 0 radical (unpaired) electrons. The van der Waals surface area contributed by atoms with E-state index in [9.17, 15) is 19.2 Å². The van der Waals surface area contributed by atoms with Gasteiger partial charge >= 0.3 is 12.1 Å². The molecule has 0 N–H and O–H groups in total. The Balaban J connectivity index is 1.64. The van der Waals surface area contributed by atoms with Crippen LogP contribution < -0.4 is 0 Å². The lowest BCUT2D eigenvalue weighted by molar-refractivity contribution is -0.175. The maximum Gasteiger partial charge on any atom is 0.411 e. The molecule has 0 aliphatic carbocycles. The third-order valence-electron chi connectivity index (χ3n) is 5.07. The van der Waals surface area contributed by atoms with E-state index in [4.69, 9.17) is 9.57 Å². The van der Waals surface area contributed by atoms with Crippen molar-refractivity contribution < 1.29 is 28.8 Å². The summed E-state index contributed by atoms with van der Waals surface area (Å²) in [5, 5.41) is 0.456. The van der Waals surface area contributed by atoms with Gasteiger partial charge in [-0.25, -0.2) is 9.59 Å². The topological polar surface area (TPSA) is 93.2 Å². The monoisotopic (exact) mass is 422 g/mol. The van der Waals surface area contributed by atoms with Crippen molar-refractivity contribution in [2.45, 2.75) is 38.8 Å². The van der Waals surface area contributed by atoms with Gasteiger partial charge in [-0.05, 0) is 50.5 Å². The zero-order chi connectivity index (χ0) is 22.3. The van der Waals surface area contributed by atoms with Crippen molar-refractivity contribution in [2.75, 3.05) is 6.54 Å². The van der Waals surface area contributed by atoms with Crippen molar-refractivity contribution in [3.8, 4) is 0 Å². The van der Waals surface area contributed by atoms with Crippen LogP contribution in [0.1, 0.15) is 58.7 Å². The Hall–Kier alpha value is -3.68. The number of hydroxylamine groups is 2. The first-order valence-corrected chi connectivity index (χ1v) is 9.94. The fraction of sp³-hybridized carbons (Fsp3) is 0.304. The van der Waals surface area contributed by atoms with Crippen LogP contribution in [0.2, 0.25) is 0 Å². The van der Waals surface area contributed by atoms with Crippen LogP contribution >= 0.6 is 0 Å². The summed E-state index contributed by atoms with van der Waals surface area (Å²) in [4.78, 5) is 57.8. The normalized spacial score (nSPS) is 17.8. The Bertz CT molecular complexity index is 1050. The summed E-state index contributed by atoms with van der Waals surface area (Å²) < 4.78 is 5.47. The number of hydrogen-bond donors (Lipinski definition) is 0. The lowest BCUT2D eigenvalue weighted by Gasteiger charge is -2.36. The number of fused-ring (bicyclic) bond motifs is 2. The number of carbonyl (C=O) groups is 4. The molecule has 8 heteroatoms. The summed E-state index contributed by atoms with van der Waals surface area (Å²) in [6.07, 6.45) is -0.141. The van der Waals surface area contributed by atoms with E-state index in [1.54, 1.807) is 45.0 Å². The molecule has 2 aliphatic heterocycles. The Morgan fingerprint density at radius 1 is 0.935 bits per heavy atom. The van der Waals surface area contributed by atoms with Crippen molar-refractivity contribution in [2.24, 2.45) is 0 Å². The van der Waals surface area contributed by atoms with Crippen LogP contribution in [0.25, 0.3) is 0 Å². The third-order valence-corrected chi connectivity index (χ3v) is 5.07. The van der Waals surface area contributed by atoms with E-state index in [0.29, 0.717) is 17.0 Å². The SMILES string of the molecule is CC(C)(C)OC(=O)N1CCc2ccccc2C1C(=O)ON1C(=O)c2ccccc2C1=O. The van der Waals surface area contributed by atoms with Gasteiger partial charge < -0.3 is 9.57 Å². The smallest absolute Gasteiger partial charge is 0.411 e. The highest BCUT2D eigenvalue weighted by Gasteiger charge is 2.44. The van der Waals surface area contributed by atoms with Gasteiger partial charge in [0.25, 0.3) is 11.8 Å². The van der Waals surface area contributed by atoms with Crippen LogP contribution in [0.5, 0.6) is 0 Å². The highest BCUT2D eigenvalue weighted by atomic mass is 16.7. The number of rotatable bonds is 2. The van der Waals surface area contributed by atoms with E-state index < -0.39 is 35.5 Å². The molecule has 2 aromatic rings. The van der Waals surface area contributed by atoms with Gasteiger partial charge in [0.15, 0.2) is 6.04 Å². The number of imide groups is 1. The molecular weight excluding hydrogens is 400 g/mol. The third kappa shape index (κ3) is 3.76. The summed E-state index contributed by atoms with van der Waals surface area (Å²) >= 11 is 0. The molecule has 0 saturated carbocycles. The minimum Gasteiger partial charge on any atom is -0.444 e. The van der Waals surface area contributed by atoms with Gasteiger partial charge in [0.05, 0.1) is 11.1 Å². The van der Waals surface area contributed by atoms with Gasteiger partial charge in [-0.3, -0.25) is 14.5 Å². The molecule has 0 bridgehead atoms. The van der Waals surface area contributed by atoms with Crippen LogP contribution in [-0.4, -0.2) is 46.0 Å². The van der Waals surface area contributed by atoms with Crippen molar-refractivity contribution in [1.82, 2.24) is 9.96 Å². The van der Waals surface area contributed by atoms with Gasteiger partial charge in [-0.1, -0.05) is 41.5 Å². The highest BCUT2D eigenvalue weighted by molar-refractivity contribution is 6.21. The number of amides is 3. The zero-order valence-electron chi connectivity index (χ0n) is 17.5. The number of nitrogens with zero attached hydrogens (tertiary/aromatic N) is 2. The lowest BCUT2D eigenvalue weighted by Crippen LogP contribution is -2.47. The fourth-order valence-electron chi connectivity index (χ4n) is 3.73. The first-order chi connectivity index (χ1) is 14.7. The Kier molecular flexibility index (Phi) is 5.00. The predicted octanol–water partition coefficient (Wildman–Crippen LogP) is 3.28. The Labute approximate surface area is 179 Å². The molecule has 2 heterocycles. The number of ether oxygens (including phenoxy) is 1. The predicted molar refractivity (Wildman–Crippen MR) is 109 cm³/mol. The average molecular weight is 422 g/mol. The molecule has 1 atom stereocenters. The van der Waals surface area contributed by atoms with E-state index in [1.165, 1.54) is 17.0 Å². The zero-order valence-corrected chi connectivity index (χ0v) is 17.5. The standard InChI is InChI=1S/C23H22N2O6/c1-23(2,3)30-22(29)24-13-12-14-8-4-5-9-15(14)18(24)21(28)31-25-19(26)16-10-6-7-11-17(16)20(25)27/h4-11,18H,12-13H2,1-3H3. The van der Waals surface area contributed by atoms with Gasteiger partial charge in [0, 0.05) is 6.54 Å². The van der Waals surface area contributed by atoms with E-state index >= 15 is 0 Å². The van der Waals surface area contributed by atoms with Gasteiger partial charge in [-0.2, -0.15) is 0 Å². The van der Waals surface area contributed by atoms with Crippen LogP contribution in [0.3, 0.4) is 0 Å². The minimum atomic E-state index is -1.15. The summed E-state index contributed by atoms with van der Waals surface area (Å²) in [7, 11) is 0. The molecule has 0 spiro atoms. The second-order valence-electron chi connectivity index (χ2n) is 8.39. The van der Waals surface area contributed by atoms with Crippen LogP contribution in [0.4, 0.5) is 4.79 Å². The summed E-state index contributed by atoms with van der Waals surface area (Å²) in [5.74, 6) is -2.35. The molecule has 160 valence electrons. The fourth-order valence-corrected chi connectivity index (χ4v) is 3.73. The molecule has 4 rings (SSSR count). The Morgan fingerprint density at radius 2 is 1.52 bits per heavy atom. The molecule has 8 nitrogen and oxygen atoms in total. The van der Waals surface area contributed by atoms with Crippen molar-refractivity contribution in [3.63, 3.8) is 0 Å². The maximum atomic E-state index is 13.2. The van der Waals surface area contributed by atoms with E-state index in [-0.39, 0.29) is 17.7 Å². The molecule has 1 unspecified atom stereocenters. The molecule has 0 saturated heterocycles. The molecule has 31 heavy (non-hydrogen) atoms. The quantitative estimate of drug-likeness (QED) is 0.690. The highest BCUT2D eigenvalue weighted by Crippen LogP contribution is 2.33. The number of hydrogen-bond acceptors (Lipinski definition) is 6. The van der Waals surface area contributed by atoms with Gasteiger partial charge in [0.2, 0.25) is 0 Å². The molecular formula is C23H22N2O6. The number of benzene rings is 2. The first-order valence-electron chi connectivity index (χ1n) is 9.94. The largest absolute Gasteiger partial charge is 0.444 e. The Morgan fingerprint density at radius 3 is 2.13 bits per heavy atom. The second-order valence-corrected chi connectivity index (χ2v) is 8.39. The summed E-state index contributed by atoms with van der Waals surface area (Å²) in [6, 6.07) is 12.3. The van der Waals surface area contributed by atoms with E-state index in [2.05, 4.69) is 0 Å². The van der Waals surface area contributed by atoms with Gasteiger partial charge in [-0.15, -0.1) is 0 Å². The van der Waals surface area contributed by atoms with Crippen LogP contribution in [0, 0.1) is 0 Å². The summed E-state index contributed by atoms with van der Waals surface area (Å²) in [5.41, 5.74) is 1.01. The molecule has 0 fully saturated rings. The van der Waals surface area contributed by atoms with Crippen molar-refractivity contribution in [3.05, 3.63) is 70.8 Å². The van der Waals surface area contributed by atoms with E-state index in [1.807, 2.05) is 12.1 Å². The number of carbonyl (C=O) groups excluding carboxylic acids is 4. The molecule has 2 aromatic carbocycles. The maximum absolute atomic E-state index is 13.2. The van der Waals surface area contributed by atoms with Crippen LogP contribution in [0.15, 0.2) is 48.5 Å². The van der Waals surface area contributed by atoms with Crippen LogP contribution in [-0.2, 0) is 20.8 Å². The summed E-state index contributed by atoms with van der Waals surface area (Å²) in [6.45, 7) is 5.42. The molecule has 3 amide bonds. The first kappa shape index (κ1) is 20.6. The van der Waals surface area contributed by atoms with Gasteiger partial charge in [0.1, 0.15) is 5.60 Å². The lowest BCUT2D eigenvalue weighted by atomic mass is 9.93. The van der Waals surface area contributed by atoms with E-state index in [0.717, 1.165) is 5.56 Å². The molecule has 0 aromatic heterocycles.